The maximum Gasteiger partial charge on any atom is 0.257 e. The normalized spacial score (nSPS) is 10.3. The van der Waals surface area contributed by atoms with Gasteiger partial charge in [-0.15, -0.1) is 0 Å². The minimum Gasteiger partial charge on any atom is -0.301 e. The van der Waals surface area contributed by atoms with Crippen molar-refractivity contribution in [1.29, 1.82) is 0 Å². The Balaban J connectivity index is 1.78. The molecule has 5 nitrogen and oxygen atoms in total. The lowest BCUT2D eigenvalue weighted by Crippen LogP contribution is -2.34. The van der Waals surface area contributed by atoms with Crippen LogP contribution in [0.4, 0.5) is 5.95 Å². The van der Waals surface area contributed by atoms with E-state index in [1.807, 2.05) is 24.3 Å². The lowest BCUT2D eigenvalue weighted by molar-refractivity contribution is 0.0977. The Morgan fingerprint density at radius 3 is 2.40 bits per heavy atom. The molecule has 0 unspecified atom stereocenters. The molecule has 0 aliphatic carbocycles. The first-order valence-electron chi connectivity index (χ1n) is 8.67. The van der Waals surface area contributed by atoms with Crippen LogP contribution in [-0.4, -0.2) is 21.0 Å². The summed E-state index contributed by atoms with van der Waals surface area (Å²) >= 11 is 5.11. The van der Waals surface area contributed by atoms with Crippen LogP contribution in [0.2, 0.25) is 0 Å². The second-order valence-corrected chi connectivity index (χ2v) is 6.25. The molecule has 2 rings (SSSR count). The smallest absolute Gasteiger partial charge is 0.257 e. The Morgan fingerprint density at radius 1 is 1.04 bits per heavy atom. The summed E-state index contributed by atoms with van der Waals surface area (Å²) in [6.45, 7) is 2.22. The molecule has 132 valence electrons. The largest absolute Gasteiger partial charge is 0.301 e. The molecule has 0 spiro atoms. The van der Waals surface area contributed by atoms with Gasteiger partial charge in [-0.25, -0.2) is 9.97 Å². The summed E-state index contributed by atoms with van der Waals surface area (Å²) in [7, 11) is 0. The van der Waals surface area contributed by atoms with Crippen LogP contribution in [0.3, 0.4) is 0 Å². The zero-order valence-corrected chi connectivity index (χ0v) is 15.3. The third kappa shape index (κ3) is 6.97. The second kappa shape index (κ2) is 10.5. The molecule has 6 heteroatoms. The standard InChI is InChI=1S/C19H24N4OS/c1-2-3-4-5-6-8-15-9-11-16(12-10-15)17(24)22-19(25)23-18-20-13-7-14-21-18/h7,9-14H,2-6,8H2,1H3,(H2,20,21,22,23,24,25). The van der Waals surface area contributed by atoms with Crippen molar-refractivity contribution in [2.45, 2.75) is 45.4 Å². The molecule has 1 aromatic heterocycles. The zero-order valence-electron chi connectivity index (χ0n) is 14.5. The minimum absolute atomic E-state index is 0.177. The number of nitrogens with one attached hydrogen (secondary N) is 2. The zero-order chi connectivity index (χ0) is 17.9. The van der Waals surface area contributed by atoms with Gasteiger partial charge in [-0.3, -0.25) is 10.1 Å². The molecule has 0 saturated heterocycles. The van der Waals surface area contributed by atoms with Crippen molar-refractivity contribution < 1.29 is 4.79 Å². The summed E-state index contributed by atoms with van der Waals surface area (Å²) < 4.78 is 0. The summed E-state index contributed by atoms with van der Waals surface area (Å²) in [6, 6.07) is 9.38. The molecule has 25 heavy (non-hydrogen) atoms. The molecule has 2 aromatic rings. The highest BCUT2D eigenvalue weighted by atomic mass is 32.1. The minimum atomic E-state index is -0.247. The van der Waals surface area contributed by atoms with Gasteiger partial charge >= 0.3 is 0 Å². The highest BCUT2D eigenvalue weighted by molar-refractivity contribution is 7.80. The predicted molar refractivity (Wildman–Crippen MR) is 105 cm³/mol. The maximum atomic E-state index is 12.2. The molecule has 1 aromatic carbocycles. The number of benzene rings is 1. The Morgan fingerprint density at radius 2 is 1.72 bits per heavy atom. The average molecular weight is 356 g/mol. The number of carbonyl (C=O) groups excluding carboxylic acids is 1. The topological polar surface area (TPSA) is 66.9 Å². The summed E-state index contributed by atoms with van der Waals surface area (Å²) in [5.74, 6) is 0.106. The van der Waals surface area contributed by atoms with E-state index in [4.69, 9.17) is 12.2 Å². The van der Waals surface area contributed by atoms with Crippen molar-refractivity contribution in [2.24, 2.45) is 0 Å². The first-order valence-corrected chi connectivity index (χ1v) is 9.08. The van der Waals surface area contributed by atoms with Crippen molar-refractivity contribution in [2.75, 3.05) is 5.32 Å². The van der Waals surface area contributed by atoms with Crippen molar-refractivity contribution in [1.82, 2.24) is 15.3 Å². The molecule has 0 fully saturated rings. The van der Waals surface area contributed by atoms with Gasteiger partial charge in [0.2, 0.25) is 5.95 Å². The third-order valence-electron chi connectivity index (χ3n) is 3.80. The molecule has 0 saturated carbocycles. The number of carbonyl (C=O) groups is 1. The fourth-order valence-electron chi connectivity index (χ4n) is 2.43. The van der Waals surface area contributed by atoms with Gasteiger partial charge in [0.05, 0.1) is 0 Å². The lowest BCUT2D eigenvalue weighted by Gasteiger charge is -2.08. The van der Waals surface area contributed by atoms with Gasteiger partial charge in [-0.2, -0.15) is 0 Å². The number of hydrogen-bond acceptors (Lipinski definition) is 4. The summed E-state index contributed by atoms with van der Waals surface area (Å²) in [5, 5.41) is 5.58. The Kier molecular flexibility index (Phi) is 7.98. The van der Waals surface area contributed by atoms with E-state index >= 15 is 0 Å². The van der Waals surface area contributed by atoms with E-state index in [1.165, 1.54) is 37.7 Å². The number of rotatable bonds is 8. The SMILES string of the molecule is CCCCCCCc1ccc(C(=O)NC(=S)Nc2ncccn2)cc1. The van der Waals surface area contributed by atoms with Crippen LogP contribution in [0.1, 0.15) is 54.9 Å². The van der Waals surface area contributed by atoms with Crippen molar-refractivity contribution in [3.8, 4) is 0 Å². The summed E-state index contributed by atoms with van der Waals surface area (Å²) in [6.07, 6.45) is 10.6. The molecule has 0 atom stereocenters. The van der Waals surface area contributed by atoms with Gasteiger partial charge in [0.1, 0.15) is 0 Å². The highest BCUT2D eigenvalue weighted by Gasteiger charge is 2.08. The fraction of sp³-hybridized carbons (Fsp3) is 0.368. The van der Waals surface area contributed by atoms with E-state index in [2.05, 4.69) is 27.5 Å². The number of unbranched alkanes of at least 4 members (excludes halogenated alkanes) is 4. The van der Waals surface area contributed by atoms with Crippen molar-refractivity contribution in [3.63, 3.8) is 0 Å². The van der Waals surface area contributed by atoms with Crippen LogP contribution in [0.25, 0.3) is 0 Å². The predicted octanol–water partition coefficient (Wildman–Crippen LogP) is 4.12. The number of anilines is 1. The molecule has 0 bridgehead atoms. The quantitative estimate of drug-likeness (QED) is 0.550. The van der Waals surface area contributed by atoms with E-state index in [9.17, 15) is 4.79 Å². The summed E-state index contributed by atoms with van der Waals surface area (Å²) in [4.78, 5) is 20.2. The number of thiocarbonyl (C=S) groups is 1. The molecular formula is C19H24N4OS. The van der Waals surface area contributed by atoms with Gasteiger partial charge in [0, 0.05) is 18.0 Å². The molecule has 2 N–H and O–H groups in total. The van der Waals surface area contributed by atoms with Gasteiger partial charge < -0.3 is 5.32 Å². The maximum absolute atomic E-state index is 12.2. The van der Waals surface area contributed by atoms with Crippen LogP contribution in [0, 0.1) is 0 Å². The second-order valence-electron chi connectivity index (χ2n) is 5.84. The van der Waals surface area contributed by atoms with Crippen LogP contribution in [0.5, 0.6) is 0 Å². The average Bonchev–Trinajstić information content (AvgIpc) is 2.63. The number of hydrogen-bond donors (Lipinski definition) is 2. The number of aryl methyl sites for hydroxylation is 1. The van der Waals surface area contributed by atoms with E-state index in [0.29, 0.717) is 11.5 Å². The van der Waals surface area contributed by atoms with Crippen molar-refractivity contribution in [3.05, 3.63) is 53.9 Å². The summed E-state index contributed by atoms with van der Waals surface area (Å²) in [5.41, 5.74) is 1.83. The van der Waals surface area contributed by atoms with E-state index in [0.717, 1.165) is 6.42 Å². The van der Waals surface area contributed by atoms with Crippen LogP contribution in [0.15, 0.2) is 42.7 Å². The first-order chi connectivity index (χ1) is 12.2. The molecule has 1 heterocycles. The number of nitrogens with zero attached hydrogens (tertiary/aromatic N) is 2. The fourth-order valence-corrected chi connectivity index (χ4v) is 2.61. The van der Waals surface area contributed by atoms with E-state index in [1.54, 1.807) is 18.5 Å². The van der Waals surface area contributed by atoms with Crippen molar-refractivity contribution >= 4 is 29.2 Å². The monoisotopic (exact) mass is 356 g/mol. The van der Waals surface area contributed by atoms with Gasteiger partial charge in [0.15, 0.2) is 5.11 Å². The van der Waals surface area contributed by atoms with Crippen LogP contribution >= 0.6 is 12.2 Å². The molecule has 0 aliphatic rings. The Hall–Kier alpha value is -2.34. The highest BCUT2D eigenvalue weighted by Crippen LogP contribution is 2.10. The van der Waals surface area contributed by atoms with Crippen LogP contribution < -0.4 is 10.6 Å². The molecule has 0 aliphatic heterocycles. The van der Waals surface area contributed by atoms with E-state index in [-0.39, 0.29) is 11.0 Å². The Bertz CT molecular complexity index is 674. The lowest BCUT2D eigenvalue weighted by atomic mass is 10.0. The van der Waals surface area contributed by atoms with E-state index < -0.39 is 0 Å². The van der Waals surface area contributed by atoms with Gasteiger partial charge in [0.25, 0.3) is 5.91 Å². The number of aromatic nitrogens is 2. The Labute approximate surface area is 154 Å². The first kappa shape index (κ1) is 19.0. The number of amides is 1. The van der Waals surface area contributed by atoms with Crippen LogP contribution in [-0.2, 0) is 6.42 Å². The van der Waals surface area contributed by atoms with Gasteiger partial charge in [-0.1, -0.05) is 44.7 Å². The molecular weight excluding hydrogens is 332 g/mol. The molecule has 0 radical (unpaired) electrons. The molecule has 1 amide bonds. The van der Waals surface area contributed by atoms with Gasteiger partial charge in [-0.05, 0) is 48.8 Å². The third-order valence-corrected chi connectivity index (χ3v) is 4.01.